The van der Waals surface area contributed by atoms with Gasteiger partial charge in [0.2, 0.25) is 5.95 Å². The summed E-state index contributed by atoms with van der Waals surface area (Å²) in [4.78, 5) is 11.5. The highest BCUT2D eigenvalue weighted by Gasteiger charge is 2.22. The van der Waals surface area contributed by atoms with Crippen molar-refractivity contribution in [3.63, 3.8) is 0 Å². The fourth-order valence-corrected chi connectivity index (χ4v) is 1.35. The average molecular weight is 209 g/mol. The van der Waals surface area contributed by atoms with Crippen molar-refractivity contribution in [3.8, 4) is 0 Å². The summed E-state index contributed by atoms with van der Waals surface area (Å²) in [7, 11) is 0. The molecule has 1 aromatic rings. The number of carbonyl (C=O) groups excluding carboxylic acids is 1. The molecule has 0 atom stereocenters. The Kier molecular flexibility index (Phi) is 2.36. The van der Waals surface area contributed by atoms with Gasteiger partial charge in [-0.25, -0.2) is 9.48 Å². The van der Waals surface area contributed by atoms with E-state index in [1.54, 1.807) is 13.8 Å². The minimum absolute atomic E-state index is 0.330. The Hall–Kier alpha value is -1.92. The largest absolute Gasteiger partial charge is 0.463 e. The molecule has 1 aliphatic heterocycles. The minimum Gasteiger partial charge on any atom is -0.463 e. The highest BCUT2D eigenvalue weighted by molar-refractivity contribution is 5.90. The zero-order valence-electron chi connectivity index (χ0n) is 8.52. The van der Waals surface area contributed by atoms with Crippen molar-refractivity contribution in [1.82, 2.24) is 20.2 Å². The molecule has 2 rings (SSSR count). The normalized spacial score (nSPS) is 14.5. The number of carbonyl (C=O) groups is 1. The second kappa shape index (κ2) is 3.68. The number of hydrogen-bond acceptors (Lipinski definition) is 6. The molecule has 2 heterocycles. The second-order valence-electron chi connectivity index (χ2n) is 3.11. The van der Waals surface area contributed by atoms with Crippen molar-refractivity contribution < 1.29 is 9.53 Å². The molecule has 0 unspecified atom stereocenters. The molecule has 0 bridgehead atoms. The van der Waals surface area contributed by atoms with Gasteiger partial charge in [0.15, 0.2) is 0 Å². The Morgan fingerprint density at radius 1 is 1.67 bits per heavy atom. The molecule has 0 radical (unpaired) electrons. The molecule has 1 aromatic heterocycles. The fraction of sp³-hybridized carbons (Fsp3) is 0.500. The second-order valence-corrected chi connectivity index (χ2v) is 3.11. The van der Waals surface area contributed by atoms with Crippen molar-refractivity contribution in [1.29, 1.82) is 0 Å². The summed E-state index contributed by atoms with van der Waals surface area (Å²) in [5.41, 5.74) is 1.28. The molecule has 80 valence electrons. The highest BCUT2D eigenvalue weighted by Crippen LogP contribution is 2.18. The predicted octanol–water partition coefficient (Wildman–Crippen LogP) is -0.0643. The number of tetrazole rings is 1. The van der Waals surface area contributed by atoms with Crippen LogP contribution in [0.4, 0.5) is 5.95 Å². The third-order valence-corrected chi connectivity index (χ3v) is 2.11. The molecule has 0 saturated heterocycles. The van der Waals surface area contributed by atoms with E-state index in [-0.39, 0.29) is 5.97 Å². The van der Waals surface area contributed by atoms with Crippen LogP contribution in [0.5, 0.6) is 0 Å². The van der Waals surface area contributed by atoms with Gasteiger partial charge in [-0.15, -0.1) is 0 Å². The smallest absolute Gasteiger partial charge is 0.337 e. The molecule has 7 nitrogen and oxygen atoms in total. The van der Waals surface area contributed by atoms with Crippen molar-refractivity contribution in [2.45, 2.75) is 20.4 Å². The van der Waals surface area contributed by atoms with Crippen LogP contribution in [0.25, 0.3) is 0 Å². The predicted molar refractivity (Wildman–Crippen MR) is 50.8 cm³/mol. The van der Waals surface area contributed by atoms with E-state index in [0.717, 1.165) is 5.70 Å². The van der Waals surface area contributed by atoms with E-state index < -0.39 is 0 Å². The maximum atomic E-state index is 11.5. The minimum atomic E-state index is -0.330. The quantitative estimate of drug-likeness (QED) is 0.687. The van der Waals surface area contributed by atoms with Crippen LogP contribution in [0.3, 0.4) is 0 Å². The third-order valence-electron chi connectivity index (χ3n) is 2.11. The van der Waals surface area contributed by atoms with Crippen molar-refractivity contribution in [3.05, 3.63) is 11.3 Å². The number of anilines is 1. The summed E-state index contributed by atoms with van der Waals surface area (Å²) < 4.78 is 6.44. The summed E-state index contributed by atoms with van der Waals surface area (Å²) in [6, 6.07) is 0. The van der Waals surface area contributed by atoms with Crippen LogP contribution in [0, 0.1) is 0 Å². The lowest BCUT2D eigenvalue weighted by molar-refractivity contribution is -0.138. The van der Waals surface area contributed by atoms with Gasteiger partial charge in [-0.05, 0) is 24.3 Å². The van der Waals surface area contributed by atoms with E-state index in [1.807, 2.05) is 0 Å². The zero-order chi connectivity index (χ0) is 10.8. The Morgan fingerprint density at radius 3 is 3.20 bits per heavy atom. The number of esters is 1. The number of aromatic nitrogens is 4. The Labute approximate surface area is 86.1 Å². The van der Waals surface area contributed by atoms with Gasteiger partial charge >= 0.3 is 5.97 Å². The Morgan fingerprint density at radius 2 is 2.47 bits per heavy atom. The number of nitrogens with one attached hydrogen (secondary N) is 1. The van der Waals surface area contributed by atoms with E-state index in [4.69, 9.17) is 4.74 Å². The molecule has 0 aliphatic carbocycles. The zero-order valence-corrected chi connectivity index (χ0v) is 8.52. The standard InChI is InChI=1S/C8H11N5O2/c1-3-15-7(14)6-4-13-8(9-5(6)2)10-11-12-13/h3-4H2,1-2H3,(H,9,10,12). The topological polar surface area (TPSA) is 81.9 Å². The molecule has 0 fully saturated rings. The lowest BCUT2D eigenvalue weighted by Gasteiger charge is -2.17. The summed E-state index contributed by atoms with van der Waals surface area (Å²) in [5, 5.41) is 13.9. The molecule has 7 heteroatoms. The maximum absolute atomic E-state index is 11.5. The first-order chi connectivity index (χ1) is 7.22. The van der Waals surface area contributed by atoms with Crippen molar-refractivity contribution in [2.24, 2.45) is 0 Å². The molecule has 0 saturated carbocycles. The average Bonchev–Trinajstić information content (AvgIpc) is 2.63. The number of hydrogen-bond donors (Lipinski definition) is 1. The summed E-state index contributed by atoms with van der Waals surface area (Å²) >= 11 is 0. The van der Waals surface area contributed by atoms with Gasteiger partial charge in [0.05, 0.1) is 18.7 Å². The number of nitrogens with zero attached hydrogens (tertiary/aromatic N) is 4. The van der Waals surface area contributed by atoms with E-state index in [0.29, 0.717) is 24.7 Å². The number of ether oxygens (including phenoxy) is 1. The number of rotatable bonds is 2. The lowest BCUT2D eigenvalue weighted by atomic mass is 10.2. The van der Waals surface area contributed by atoms with Crippen molar-refractivity contribution >= 4 is 11.9 Å². The van der Waals surface area contributed by atoms with Gasteiger partial charge in [0, 0.05) is 5.70 Å². The fourth-order valence-electron chi connectivity index (χ4n) is 1.35. The first-order valence-corrected chi connectivity index (χ1v) is 4.62. The van der Waals surface area contributed by atoms with E-state index >= 15 is 0 Å². The van der Waals surface area contributed by atoms with Gasteiger partial charge in [-0.3, -0.25) is 0 Å². The first-order valence-electron chi connectivity index (χ1n) is 4.62. The van der Waals surface area contributed by atoms with Gasteiger partial charge in [0.25, 0.3) is 0 Å². The molecule has 0 amide bonds. The first kappa shape index (κ1) is 9.63. The van der Waals surface area contributed by atoms with Crippen LogP contribution in [-0.2, 0) is 16.1 Å². The molecular formula is C8H11N5O2. The van der Waals surface area contributed by atoms with Gasteiger partial charge in [-0.1, -0.05) is 5.10 Å². The van der Waals surface area contributed by atoms with E-state index in [1.165, 1.54) is 4.68 Å². The molecule has 1 N–H and O–H groups in total. The Bertz CT molecular complexity index is 422. The van der Waals surface area contributed by atoms with Crippen LogP contribution >= 0.6 is 0 Å². The van der Waals surface area contributed by atoms with Crippen LogP contribution in [0.2, 0.25) is 0 Å². The SMILES string of the molecule is CCOC(=O)C1=C(C)Nc2nnnn2C1. The highest BCUT2D eigenvalue weighted by atomic mass is 16.5. The van der Waals surface area contributed by atoms with Crippen LogP contribution < -0.4 is 5.32 Å². The van der Waals surface area contributed by atoms with E-state index in [2.05, 4.69) is 20.8 Å². The van der Waals surface area contributed by atoms with Gasteiger partial charge in [-0.2, -0.15) is 0 Å². The van der Waals surface area contributed by atoms with Gasteiger partial charge in [0.1, 0.15) is 0 Å². The lowest BCUT2D eigenvalue weighted by Crippen LogP contribution is -2.23. The maximum Gasteiger partial charge on any atom is 0.337 e. The number of allylic oxidation sites excluding steroid dienone is 1. The summed E-state index contributed by atoms with van der Waals surface area (Å²) in [6.07, 6.45) is 0. The Balaban J connectivity index is 2.23. The van der Waals surface area contributed by atoms with Gasteiger partial charge < -0.3 is 10.1 Å². The number of fused-ring (bicyclic) bond motifs is 1. The molecular weight excluding hydrogens is 198 g/mol. The molecule has 1 aliphatic rings. The van der Waals surface area contributed by atoms with Crippen LogP contribution in [0.1, 0.15) is 13.8 Å². The van der Waals surface area contributed by atoms with Crippen molar-refractivity contribution in [2.75, 3.05) is 11.9 Å². The monoisotopic (exact) mass is 209 g/mol. The molecule has 0 spiro atoms. The summed E-state index contributed by atoms with van der Waals surface area (Å²) in [5.74, 6) is 0.212. The third kappa shape index (κ3) is 1.67. The summed E-state index contributed by atoms with van der Waals surface area (Å²) in [6.45, 7) is 4.27. The van der Waals surface area contributed by atoms with Crippen LogP contribution in [-0.4, -0.2) is 32.8 Å². The van der Waals surface area contributed by atoms with E-state index in [9.17, 15) is 4.79 Å². The van der Waals surface area contributed by atoms with Crippen LogP contribution in [0.15, 0.2) is 11.3 Å². The molecule has 15 heavy (non-hydrogen) atoms. The molecule has 0 aromatic carbocycles.